The molecule has 0 aromatic carbocycles. The van der Waals surface area contributed by atoms with E-state index in [1.54, 1.807) is 0 Å². The van der Waals surface area contributed by atoms with Crippen LogP contribution in [0.3, 0.4) is 0 Å². The Kier molecular flexibility index (Phi) is 4.19. The first-order valence-electron chi connectivity index (χ1n) is 5.63. The predicted octanol–water partition coefficient (Wildman–Crippen LogP) is 0.740. The summed E-state index contributed by atoms with van der Waals surface area (Å²) in [5, 5.41) is 2.32. The number of nitrogens with one attached hydrogen (secondary N) is 1. The van der Waals surface area contributed by atoms with Crippen LogP contribution in [0.15, 0.2) is 0 Å². The van der Waals surface area contributed by atoms with Crippen molar-refractivity contribution in [3.05, 3.63) is 0 Å². The van der Waals surface area contributed by atoms with E-state index >= 15 is 0 Å². The van der Waals surface area contributed by atoms with Gasteiger partial charge in [0.05, 0.1) is 12.7 Å². The van der Waals surface area contributed by atoms with Gasteiger partial charge in [0, 0.05) is 19.6 Å². The van der Waals surface area contributed by atoms with Crippen LogP contribution < -0.4 is 5.43 Å². The maximum absolute atomic E-state index is 5.46. The summed E-state index contributed by atoms with van der Waals surface area (Å²) < 4.78 is 10.6. The van der Waals surface area contributed by atoms with Gasteiger partial charge in [-0.05, 0) is 19.3 Å². The molecule has 4 heteroatoms. The highest BCUT2D eigenvalue weighted by molar-refractivity contribution is 4.65. The third kappa shape index (κ3) is 3.20. The van der Waals surface area contributed by atoms with E-state index in [-0.39, 0.29) is 0 Å². The van der Waals surface area contributed by atoms with Crippen LogP contribution in [0, 0.1) is 0 Å². The number of piperidine rings is 1. The predicted molar refractivity (Wildman–Crippen MR) is 53.7 cm³/mol. The van der Waals surface area contributed by atoms with E-state index in [1.807, 2.05) is 0 Å². The molecule has 1 atom stereocenters. The van der Waals surface area contributed by atoms with Gasteiger partial charge in [-0.3, -0.25) is 5.43 Å². The number of ether oxygens (including phenoxy) is 2. The molecule has 0 saturated carbocycles. The third-order valence-corrected chi connectivity index (χ3v) is 2.87. The number of rotatable bonds is 3. The summed E-state index contributed by atoms with van der Waals surface area (Å²) in [6, 6.07) is 0. The van der Waals surface area contributed by atoms with Crippen LogP contribution in [0.25, 0.3) is 0 Å². The Hall–Kier alpha value is -0.160. The van der Waals surface area contributed by atoms with Crippen LogP contribution in [0.5, 0.6) is 0 Å². The highest BCUT2D eigenvalue weighted by atomic mass is 16.7. The average Bonchev–Trinajstić information content (AvgIpc) is 2.29. The van der Waals surface area contributed by atoms with Crippen LogP contribution in [0.2, 0.25) is 0 Å². The Morgan fingerprint density at radius 1 is 1.21 bits per heavy atom. The normalized spacial score (nSPS) is 30.4. The first-order chi connectivity index (χ1) is 6.95. The van der Waals surface area contributed by atoms with Crippen LogP contribution in [-0.4, -0.2) is 44.1 Å². The maximum atomic E-state index is 5.46. The second-order valence-corrected chi connectivity index (χ2v) is 4.01. The van der Waals surface area contributed by atoms with Crippen molar-refractivity contribution >= 4 is 0 Å². The van der Waals surface area contributed by atoms with Crippen molar-refractivity contribution in [3.8, 4) is 0 Å². The van der Waals surface area contributed by atoms with Gasteiger partial charge in [0.1, 0.15) is 6.79 Å². The molecule has 4 nitrogen and oxygen atoms in total. The number of hydrogen-bond acceptors (Lipinski definition) is 4. The third-order valence-electron chi connectivity index (χ3n) is 2.87. The van der Waals surface area contributed by atoms with Gasteiger partial charge in [0.25, 0.3) is 0 Å². The fourth-order valence-corrected chi connectivity index (χ4v) is 1.95. The lowest BCUT2D eigenvalue weighted by Crippen LogP contribution is -2.46. The van der Waals surface area contributed by atoms with Crippen molar-refractivity contribution in [2.75, 3.05) is 33.0 Å². The summed E-state index contributed by atoms with van der Waals surface area (Å²) in [7, 11) is 0. The minimum atomic E-state index is 0.339. The summed E-state index contributed by atoms with van der Waals surface area (Å²) in [5.74, 6) is 0. The number of hydrazine groups is 1. The molecule has 2 aliphatic rings. The molecule has 0 amide bonds. The first-order valence-corrected chi connectivity index (χ1v) is 5.63. The Labute approximate surface area is 85.5 Å². The minimum Gasteiger partial charge on any atom is -0.355 e. The molecule has 2 fully saturated rings. The monoisotopic (exact) mass is 200 g/mol. The van der Waals surface area contributed by atoms with Gasteiger partial charge in [-0.15, -0.1) is 0 Å². The van der Waals surface area contributed by atoms with Crippen molar-refractivity contribution in [3.63, 3.8) is 0 Å². The van der Waals surface area contributed by atoms with E-state index < -0.39 is 0 Å². The lowest BCUT2D eigenvalue weighted by Gasteiger charge is -2.30. The molecule has 0 aliphatic carbocycles. The SMILES string of the molecule is C1CCN(NCC2CCOCO2)CC1. The van der Waals surface area contributed by atoms with E-state index in [9.17, 15) is 0 Å². The minimum absolute atomic E-state index is 0.339. The topological polar surface area (TPSA) is 33.7 Å². The van der Waals surface area contributed by atoms with Gasteiger partial charge < -0.3 is 9.47 Å². The smallest absolute Gasteiger partial charge is 0.147 e. The highest BCUT2D eigenvalue weighted by Gasteiger charge is 2.16. The molecule has 82 valence electrons. The lowest BCUT2D eigenvalue weighted by atomic mass is 10.2. The molecule has 0 bridgehead atoms. The Morgan fingerprint density at radius 2 is 2.07 bits per heavy atom. The van der Waals surface area contributed by atoms with E-state index in [2.05, 4.69) is 10.4 Å². The molecule has 2 heterocycles. The van der Waals surface area contributed by atoms with Crippen molar-refractivity contribution in [2.45, 2.75) is 31.8 Å². The van der Waals surface area contributed by atoms with Gasteiger partial charge in [-0.2, -0.15) is 0 Å². The molecule has 14 heavy (non-hydrogen) atoms. The van der Waals surface area contributed by atoms with E-state index in [0.717, 1.165) is 19.6 Å². The molecule has 1 N–H and O–H groups in total. The lowest BCUT2D eigenvalue weighted by molar-refractivity contribution is -0.140. The second kappa shape index (κ2) is 5.66. The maximum Gasteiger partial charge on any atom is 0.147 e. The van der Waals surface area contributed by atoms with Crippen LogP contribution in [-0.2, 0) is 9.47 Å². The van der Waals surface area contributed by atoms with Crippen molar-refractivity contribution in [2.24, 2.45) is 0 Å². The van der Waals surface area contributed by atoms with Crippen LogP contribution >= 0.6 is 0 Å². The Balaban J connectivity index is 1.60. The fraction of sp³-hybridized carbons (Fsp3) is 1.00. The van der Waals surface area contributed by atoms with E-state index in [4.69, 9.17) is 9.47 Å². The average molecular weight is 200 g/mol. The molecular formula is C10H20N2O2. The summed E-state index contributed by atoms with van der Waals surface area (Å²) in [4.78, 5) is 0. The summed E-state index contributed by atoms with van der Waals surface area (Å²) in [6.07, 6.45) is 5.38. The van der Waals surface area contributed by atoms with Crippen molar-refractivity contribution < 1.29 is 9.47 Å². The van der Waals surface area contributed by atoms with Crippen molar-refractivity contribution in [1.29, 1.82) is 0 Å². The number of hydrogen-bond donors (Lipinski definition) is 1. The molecule has 2 saturated heterocycles. The Morgan fingerprint density at radius 3 is 2.79 bits per heavy atom. The standard InChI is InChI=1S/C10H20N2O2/c1-2-5-12(6-3-1)11-8-10-4-7-13-9-14-10/h10-11H,1-9H2. The molecular weight excluding hydrogens is 180 g/mol. The molecule has 0 radical (unpaired) electrons. The molecule has 0 aromatic rings. The highest BCUT2D eigenvalue weighted by Crippen LogP contribution is 2.08. The van der Waals surface area contributed by atoms with Crippen molar-refractivity contribution in [1.82, 2.24) is 10.4 Å². The number of nitrogens with zero attached hydrogens (tertiary/aromatic N) is 1. The van der Waals surface area contributed by atoms with Gasteiger partial charge >= 0.3 is 0 Å². The molecule has 2 aliphatic heterocycles. The van der Waals surface area contributed by atoms with Gasteiger partial charge in [-0.1, -0.05) is 6.42 Å². The van der Waals surface area contributed by atoms with Crippen LogP contribution in [0.4, 0.5) is 0 Å². The fourth-order valence-electron chi connectivity index (χ4n) is 1.95. The molecule has 1 unspecified atom stereocenters. The zero-order valence-corrected chi connectivity index (χ0v) is 8.71. The summed E-state index contributed by atoms with van der Waals surface area (Å²) >= 11 is 0. The van der Waals surface area contributed by atoms with Gasteiger partial charge in [0.2, 0.25) is 0 Å². The zero-order valence-electron chi connectivity index (χ0n) is 8.71. The molecule has 0 spiro atoms. The molecule has 0 aromatic heterocycles. The second-order valence-electron chi connectivity index (χ2n) is 4.01. The van der Waals surface area contributed by atoms with Gasteiger partial charge in [0.15, 0.2) is 0 Å². The largest absolute Gasteiger partial charge is 0.355 e. The van der Waals surface area contributed by atoms with Gasteiger partial charge in [-0.25, -0.2) is 5.01 Å². The quantitative estimate of drug-likeness (QED) is 0.728. The summed E-state index contributed by atoms with van der Waals surface area (Å²) in [5.41, 5.74) is 3.44. The van der Waals surface area contributed by atoms with E-state index in [1.165, 1.54) is 32.4 Å². The van der Waals surface area contributed by atoms with E-state index in [0.29, 0.717) is 12.9 Å². The first kappa shape index (κ1) is 10.4. The summed E-state index contributed by atoms with van der Waals surface area (Å²) in [6.45, 7) is 4.61. The Bertz CT molecular complexity index is 136. The van der Waals surface area contributed by atoms with Crippen LogP contribution in [0.1, 0.15) is 25.7 Å². The zero-order chi connectivity index (χ0) is 9.64. The molecule has 2 rings (SSSR count).